The normalized spacial score (nSPS) is 14.5. The molecule has 0 spiro atoms. The lowest BCUT2D eigenvalue weighted by molar-refractivity contribution is 0.0657. The smallest absolute Gasteiger partial charge is 0.317 e. The predicted molar refractivity (Wildman–Crippen MR) is 90.1 cm³/mol. The average Bonchev–Trinajstić information content (AvgIpc) is 3.12. The Morgan fingerprint density at radius 2 is 1.75 bits per heavy atom. The van der Waals surface area contributed by atoms with Crippen molar-refractivity contribution in [3.63, 3.8) is 0 Å². The Labute approximate surface area is 140 Å². The lowest BCUT2D eigenvalue weighted by atomic mass is 10.2. The van der Waals surface area contributed by atoms with Gasteiger partial charge in [-0.1, -0.05) is 18.2 Å². The summed E-state index contributed by atoms with van der Waals surface area (Å²) in [6, 6.07) is 9.59. The van der Waals surface area contributed by atoms with E-state index in [1.807, 2.05) is 37.3 Å². The van der Waals surface area contributed by atoms with Crippen LogP contribution >= 0.6 is 0 Å². The predicted octanol–water partition coefficient (Wildman–Crippen LogP) is 1.36. The first-order valence-corrected chi connectivity index (χ1v) is 8.10. The van der Waals surface area contributed by atoms with Crippen LogP contribution < -0.4 is 5.32 Å². The Balaban J connectivity index is 1.69. The topological polar surface area (TPSA) is 70.5 Å². The van der Waals surface area contributed by atoms with Gasteiger partial charge in [-0.25, -0.2) is 9.78 Å². The van der Waals surface area contributed by atoms with Crippen molar-refractivity contribution in [2.24, 2.45) is 0 Å². The number of amides is 3. The van der Waals surface area contributed by atoms with Gasteiger partial charge in [0.1, 0.15) is 5.69 Å². The van der Waals surface area contributed by atoms with Crippen molar-refractivity contribution in [1.29, 1.82) is 0 Å². The number of piperazine rings is 1. The molecule has 1 aliphatic rings. The minimum Gasteiger partial charge on any atom is -0.338 e. The number of hydrogen-bond donors (Lipinski definition) is 1. The van der Waals surface area contributed by atoms with Crippen LogP contribution in [0.3, 0.4) is 0 Å². The molecule has 2 aromatic rings. The number of nitrogens with one attached hydrogen (secondary N) is 1. The Bertz CT molecular complexity index is 705. The summed E-state index contributed by atoms with van der Waals surface area (Å²) in [5, 5.41) is 2.79. The number of imidazole rings is 1. The summed E-state index contributed by atoms with van der Waals surface area (Å²) < 4.78 is 1.79. The number of nitrogens with zero attached hydrogens (tertiary/aromatic N) is 4. The molecule has 1 aliphatic heterocycles. The summed E-state index contributed by atoms with van der Waals surface area (Å²) >= 11 is 0. The molecule has 3 rings (SSSR count). The third kappa shape index (κ3) is 3.24. The number of carbonyl (C=O) groups is 2. The first-order chi connectivity index (χ1) is 11.7. The van der Waals surface area contributed by atoms with Crippen molar-refractivity contribution in [3.05, 3.63) is 48.5 Å². The number of hydrogen-bond acceptors (Lipinski definition) is 3. The standard InChI is InChI=1S/C17H21N5O2/c1-2-19-17(24)21-10-8-20(9-11-21)16(23)15-12-18-13-22(15)14-6-4-3-5-7-14/h3-7,12-13H,2,8-11H2,1H3,(H,19,24). The monoisotopic (exact) mass is 327 g/mol. The van der Waals surface area contributed by atoms with Crippen molar-refractivity contribution < 1.29 is 9.59 Å². The number of para-hydroxylation sites is 1. The van der Waals surface area contributed by atoms with E-state index in [1.54, 1.807) is 26.9 Å². The van der Waals surface area contributed by atoms with Gasteiger partial charge in [0.15, 0.2) is 0 Å². The SMILES string of the molecule is CCNC(=O)N1CCN(C(=O)c2cncn2-c2ccccc2)CC1. The molecule has 7 heteroatoms. The lowest BCUT2D eigenvalue weighted by Gasteiger charge is -2.34. The molecule has 0 radical (unpaired) electrons. The maximum absolute atomic E-state index is 12.8. The zero-order valence-corrected chi connectivity index (χ0v) is 13.7. The molecule has 0 bridgehead atoms. The Kier molecular flexibility index (Phi) is 4.79. The van der Waals surface area contributed by atoms with Crippen LogP contribution in [0.15, 0.2) is 42.9 Å². The second kappa shape index (κ2) is 7.16. The molecule has 126 valence electrons. The highest BCUT2D eigenvalue weighted by atomic mass is 16.2. The molecule has 1 aromatic heterocycles. The van der Waals surface area contributed by atoms with Crippen molar-refractivity contribution in [3.8, 4) is 5.69 Å². The van der Waals surface area contributed by atoms with E-state index >= 15 is 0 Å². The first-order valence-electron chi connectivity index (χ1n) is 8.10. The zero-order valence-electron chi connectivity index (χ0n) is 13.7. The van der Waals surface area contributed by atoms with E-state index < -0.39 is 0 Å². The van der Waals surface area contributed by atoms with Crippen LogP contribution in [0, 0.1) is 0 Å². The van der Waals surface area contributed by atoms with Gasteiger partial charge in [0.05, 0.1) is 12.5 Å². The first kappa shape index (κ1) is 16.0. The van der Waals surface area contributed by atoms with Crippen LogP contribution in [0.2, 0.25) is 0 Å². The number of urea groups is 1. The van der Waals surface area contributed by atoms with Gasteiger partial charge < -0.3 is 15.1 Å². The molecule has 1 saturated heterocycles. The third-order valence-electron chi connectivity index (χ3n) is 4.07. The molecule has 1 N–H and O–H groups in total. The van der Waals surface area contributed by atoms with Gasteiger partial charge in [-0.15, -0.1) is 0 Å². The van der Waals surface area contributed by atoms with Gasteiger partial charge in [0.2, 0.25) is 0 Å². The number of aromatic nitrogens is 2. The molecule has 24 heavy (non-hydrogen) atoms. The molecule has 0 atom stereocenters. The van der Waals surface area contributed by atoms with E-state index in [-0.39, 0.29) is 11.9 Å². The van der Waals surface area contributed by atoms with Gasteiger partial charge in [-0.05, 0) is 19.1 Å². The zero-order chi connectivity index (χ0) is 16.9. The molecule has 0 unspecified atom stereocenters. The van der Waals surface area contributed by atoms with Gasteiger partial charge in [0.25, 0.3) is 5.91 Å². The van der Waals surface area contributed by atoms with Crippen molar-refractivity contribution in [2.75, 3.05) is 32.7 Å². The minimum atomic E-state index is -0.0704. The second-order valence-corrected chi connectivity index (χ2v) is 5.60. The van der Waals surface area contributed by atoms with E-state index in [2.05, 4.69) is 10.3 Å². The Hall–Kier alpha value is -2.83. The van der Waals surface area contributed by atoms with Gasteiger partial charge in [-0.3, -0.25) is 9.36 Å². The van der Waals surface area contributed by atoms with E-state index in [0.717, 1.165) is 5.69 Å². The summed E-state index contributed by atoms with van der Waals surface area (Å²) in [5.41, 5.74) is 1.44. The molecule has 1 aromatic carbocycles. The summed E-state index contributed by atoms with van der Waals surface area (Å²) in [5.74, 6) is -0.0631. The fourth-order valence-corrected chi connectivity index (χ4v) is 2.79. The molecule has 1 fully saturated rings. The maximum Gasteiger partial charge on any atom is 0.317 e. The van der Waals surface area contributed by atoms with Gasteiger partial charge in [-0.2, -0.15) is 0 Å². The van der Waals surface area contributed by atoms with Crippen LogP contribution in [0.25, 0.3) is 5.69 Å². The molecular formula is C17H21N5O2. The van der Waals surface area contributed by atoms with Crippen molar-refractivity contribution >= 4 is 11.9 Å². The van der Waals surface area contributed by atoms with Gasteiger partial charge in [0, 0.05) is 38.4 Å². The van der Waals surface area contributed by atoms with Crippen molar-refractivity contribution in [1.82, 2.24) is 24.7 Å². The van der Waals surface area contributed by atoms with Crippen molar-refractivity contribution in [2.45, 2.75) is 6.92 Å². The highest BCUT2D eigenvalue weighted by molar-refractivity contribution is 5.93. The van der Waals surface area contributed by atoms with Crippen LogP contribution in [-0.4, -0.2) is 64.0 Å². The summed E-state index contributed by atoms with van der Waals surface area (Å²) in [6.07, 6.45) is 3.24. The average molecular weight is 327 g/mol. The summed E-state index contributed by atoms with van der Waals surface area (Å²) in [4.78, 5) is 32.3. The fraction of sp³-hybridized carbons (Fsp3) is 0.353. The fourth-order valence-electron chi connectivity index (χ4n) is 2.79. The van der Waals surface area contributed by atoms with E-state index in [0.29, 0.717) is 38.4 Å². The van der Waals surface area contributed by atoms with Crippen LogP contribution in [-0.2, 0) is 0 Å². The van der Waals surface area contributed by atoms with Crippen LogP contribution in [0.5, 0.6) is 0 Å². The highest BCUT2D eigenvalue weighted by Gasteiger charge is 2.26. The van der Waals surface area contributed by atoms with E-state index in [1.165, 1.54) is 0 Å². The van der Waals surface area contributed by atoms with E-state index in [9.17, 15) is 9.59 Å². The minimum absolute atomic E-state index is 0.0631. The molecule has 0 aliphatic carbocycles. The van der Waals surface area contributed by atoms with Crippen LogP contribution in [0.4, 0.5) is 4.79 Å². The Morgan fingerprint density at radius 3 is 2.42 bits per heavy atom. The third-order valence-corrected chi connectivity index (χ3v) is 4.07. The highest BCUT2D eigenvalue weighted by Crippen LogP contribution is 2.14. The molecule has 2 heterocycles. The number of benzene rings is 1. The Morgan fingerprint density at radius 1 is 1.08 bits per heavy atom. The van der Waals surface area contributed by atoms with E-state index in [4.69, 9.17) is 0 Å². The lowest BCUT2D eigenvalue weighted by Crippen LogP contribution is -2.53. The quantitative estimate of drug-likeness (QED) is 0.925. The molecular weight excluding hydrogens is 306 g/mol. The largest absolute Gasteiger partial charge is 0.338 e. The molecule has 3 amide bonds. The summed E-state index contributed by atoms with van der Waals surface area (Å²) in [7, 11) is 0. The number of carbonyl (C=O) groups excluding carboxylic acids is 2. The van der Waals surface area contributed by atoms with Crippen LogP contribution in [0.1, 0.15) is 17.4 Å². The molecule has 7 nitrogen and oxygen atoms in total. The van der Waals surface area contributed by atoms with Gasteiger partial charge >= 0.3 is 6.03 Å². The molecule has 0 saturated carbocycles. The second-order valence-electron chi connectivity index (χ2n) is 5.60. The maximum atomic E-state index is 12.8. The number of rotatable bonds is 3. The summed E-state index contributed by atoms with van der Waals surface area (Å²) in [6.45, 7) is 4.62.